The Hall–Kier alpha value is -1.84. The molecule has 0 saturated carbocycles. The Morgan fingerprint density at radius 2 is 1.39 bits per heavy atom. The monoisotopic (exact) mass is 254 g/mol. The van der Waals surface area contributed by atoms with Gasteiger partial charge in [0.15, 0.2) is 0 Å². The van der Waals surface area contributed by atoms with Crippen molar-refractivity contribution in [3.8, 4) is 0 Å². The van der Waals surface area contributed by atoms with Gasteiger partial charge in [0.1, 0.15) is 23.3 Å². The molecule has 0 aliphatic carbocycles. The van der Waals surface area contributed by atoms with E-state index in [0.29, 0.717) is 0 Å². The van der Waals surface area contributed by atoms with Gasteiger partial charge in [-0.05, 0) is 41.5 Å². The van der Waals surface area contributed by atoms with E-state index in [1.165, 1.54) is 0 Å². The van der Waals surface area contributed by atoms with E-state index in [9.17, 15) is 17.6 Å². The van der Waals surface area contributed by atoms with Crippen molar-refractivity contribution in [3.05, 3.63) is 70.8 Å². The van der Waals surface area contributed by atoms with Crippen molar-refractivity contribution in [1.29, 1.82) is 0 Å². The van der Waals surface area contributed by atoms with Gasteiger partial charge in [-0.15, -0.1) is 0 Å². The van der Waals surface area contributed by atoms with Gasteiger partial charge < -0.3 is 0 Å². The molecule has 4 heteroatoms. The first-order chi connectivity index (χ1) is 8.47. The van der Waals surface area contributed by atoms with Crippen LogP contribution in [-0.2, 0) is 0 Å². The van der Waals surface area contributed by atoms with E-state index >= 15 is 0 Å². The van der Waals surface area contributed by atoms with E-state index < -0.39 is 29.2 Å². The van der Waals surface area contributed by atoms with Gasteiger partial charge in [0, 0.05) is 12.0 Å². The minimum atomic E-state index is -0.742. The molecule has 2 rings (SSSR count). The summed E-state index contributed by atoms with van der Waals surface area (Å²) in [4.78, 5) is 0. The van der Waals surface area contributed by atoms with Crippen molar-refractivity contribution in [2.45, 2.75) is 12.8 Å². The van der Waals surface area contributed by atoms with Crippen LogP contribution >= 0.6 is 0 Å². The molecule has 0 aromatic heterocycles. The number of hydrogen-bond donors (Lipinski definition) is 0. The van der Waals surface area contributed by atoms with Gasteiger partial charge in [0.05, 0.1) is 0 Å². The highest BCUT2D eigenvalue weighted by Crippen LogP contribution is 2.27. The van der Waals surface area contributed by atoms with E-state index in [1.54, 1.807) is 6.92 Å². The molecule has 0 nitrogen and oxygen atoms in total. The second-order valence-electron chi connectivity index (χ2n) is 4.09. The lowest BCUT2D eigenvalue weighted by Gasteiger charge is -2.13. The zero-order valence-corrected chi connectivity index (χ0v) is 9.55. The summed E-state index contributed by atoms with van der Waals surface area (Å²) in [5, 5.41) is 0. The van der Waals surface area contributed by atoms with Crippen LogP contribution in [0.1, 0.15) is 24.0 Å². The summed E-state index contributed by atoms with van der Waals surface area (Å²) in [7, 11) is 0. The van der Waals surface area contributed by atoms with Crippen LogP contribution in [0.15, 0.2) is 36.4 Å². The first-order valence-electron chi connectivity index (χ1n) is 5.38. The molecule has 0 aliphatic rings. The van der Waals surface area contributed by atoms with Crippen molar-refractivity contribution in [1.82, 2.24) is 0 Å². The van der Waals surface area contributed by atoms with Gasteiger partial charge in [-0.3, -0.25) is 0 Å². The number of rotatable bonds is 2. The zero-order valence-electron chi connectivity index (χ0n) is 9.55. The fraction of sp³-hybridized carbons (Fsp3) is 0.143. The summed E-state index contributed by atoms with van der Waals surface area (Å²) >= 11 is 0. The van der Waals surface area contributed by atoms with Gasteiger partial charge in [0.2, 0.25) is 0 Å². The molecular formula is C14H10F4. The number of hydrogen-bond acceptors (Lipinski definition) is 0. The molecule has 0 bridgehead atoms. The second kappa shape index (κ2) is 4.80. The summed E-state index contributed by atoms with van der Waals surface area (Å²) in [5.41, 5.74) is 0.331. The third kappa shape index (κ3) is 2.53. The van der Waals surface area contributed by atoms with Crippen LogP contribution in [-0.4, -0.2) is 0 Å². The minimum absolute atomic E-state index is 0.0694. The molecule has 0 aliphatic heterocycles. The lowest BCUT2D eigenvalue weighted by Crippen LogP contribution is -2.01. The molecule has 94 valence electrons. The molecule has 0 N–H and O–H groups in total. The third-order valence-electron chi connectivity index (χ3n) is 2.81. The Labute approximate surface area is 102 Å². The highest BCUT2D eigenvalue weighted by Gasteiger charge is 2.15. The minimum Gasteiger partial charge on any atom is -0.207 e. The zero-order chi connectivity index (χ0) is 13.3. The predicted molar refractivity (Wildman–Crippen MR) is 60.2 cm³/mol. The van der Waals surface area contributed by atoms with Gasteiger partial charge in [0.25, 0.3) is 0 Å². The Kier molecular flexibility index (Phi) is 3.36. The summed E-state index contributed by atoms with van der Waals surface area (Å²) < 4.78 is 52.8. The molecule has 1 unspecified atom stereocenters. The average molecular weight is 254 g/mol. The molecule has 0 fully saturated rings. The van der Waals surface area contributed by atoms with Crippen molar-refractivity contribution in [2.24, 2.45) is 0 Å². The summed E-state index contributed by atoms with van der Waals surface area (Å²) in [6, 6.07) is 5.98. The summed E-state index contributed by atoms with van der Waals surface area (Å²) in [6.07, 6.45) is 0. The van der Waals surface area contributed by atoms with Crippen LogP contribution in [0.3, 0.4) is 0 Å². The maximum absolute atomic E-state index is 13.6. The van der Waals surface area contributed by atoms with Crippen molar-refractivity contribution in [3.63, 3.8) is 0 Å². The molecule has 18 heavy (non-hydrogen) atoms. The molecule has 1 atom stereocenters. The Bertz CT molecular complexity index is 558. The molecule has 2 aromatic rings. The van der Waals surface area contributed by atoms with E-state index in [2.05, 4.69) is 0 Å². The van der Waals surface area contributed by atoms with Crippen molar-refractivity contribution in [2.75, 3.05) is 0 Å². The van der Waals surface area contributed by atoms with Crippen molar-refractivity contribution >= 4 is 0 Å². The quantitative estimate of drug-likeness (QED) is 0.697. The fourth-order valence-corrected chi connectivity index (χ4v) is 1.85. The first kappa shape index (κ1) is 12.6. The number of halogens is 4. The van der Waals surface area contributed by atoms with Crippen LogP contribution in [0.2, 0.25) is 0 Å². The smallest absolute Gasteiger partial charge is 0.127 e. The second-order valence-corrected chi connectivity index (χ2v) is 4.09. The van der Waals surface area contributed by atoms with Gasteiger partial charge in [-0.25, -0.2) is 17.6 Å². The summed E-state index contributed by atoms with van der Waals surface area (Å²) in [6.45, 7) is 1.56. The lowest BCUT2D eigenvalue weighted by atomic mass is 9.92. The number of benzene rings is 2. The fourth-order valence-electron chi connectivity index (χ4n) is 1.85. The molecule has 0 radical (unpaired) electrons. The van der Waals surface area contributed by atoms with E-state index in [-0.39, 0.29) is 11.1 Å². The van der Waals surface area contributed by atoms with Crippen molar-refractivity contribution < 1.29 is 17.6 Å². The standard InChI is InChI=1S/C14H10F4/c1-8(9-4-11(16)6-12(17)5-9)13-7-10(15)2-3-14(13)18/h2-8H,1H3. The Morgan fingerprint density at radius 1 is 0.778 bits per heavy atom. The van der Waals surface area contributed by atoms with E-state index in [4.69, 9.17) is 0 Å². The highest BCUT2D eigenvalue weighted by atomic mass is 19.1. The van der Waals surface area contributed by atoms with Gasteiger partial charge in [-0.2, -0.15) is 0 Å². The maximum atomic E-state index is 13.6. The van der Waals surface area contributed by atoms with E-state index in [1.807, 2.05) is 0 Å². The Balaban J connectivity index is 2.47. The molecule has 0 heterocycles. The van der Waals surface area contributed by atoms with Gasteiger partial charge in [-0.1, -0.05) is 6.92 Å². The van der Waals surface area contributed by atoms with E-state index in [0.717, 1.165) is 36.4 Å². The molecule has 0 spiro atoms. The SMILES string of the molecule is CC(c1cc(F)cc(F)c1)c1cc(F)ccc1F. The van der Waals surface area contributed by atoms with Crippen LogP contribution in [0, 0.1) is 23.3 Å². The van der Waals surface area contributed by atoms with Crippen LogP contribution in [0.25, 0.3) is 0 Å². The lowest BCUT2D eigenvalue weighted by molar-refractivity contribution is 0.568. The topological polar surface area (TPSA) is 0 Å². The molecule has 2 aromatic carbocycles. The Morgan fingerprint density at radius 3 is 2.00 bits per heavy atom. The van der Waals surface area contributed by atoms with Crippen LogP contribution in [0.4, 0.5) is 17.6 Å². The molecule has 0 saturated heterocycles. The maximum Gasteiger partial charge on any atom is 0.127 e. The largest absolute Gasteiger partial charge is 0.207 e. The average Bonchev–Trinajstić information content (AvgIpc) is 2.30. The van der Waals surface area contributed by atoms with Crippen LogP contribution < -0.4 is 0 Å². The normalized spacial score (nSPS) is 12.5. The first-order valence-corrected chi connectivity index (χ1v) is 5.38. The predicted octanol–water partition coefficient (Wildman–Crippen LogP) is 4.39. The highest BCUT2D eigenvalue weighted by molar-refractivity contribution is 5.33. The van der Waals surface area contributed by atoms with Crippen LogP contribution in [0.5, 0.6) is 0 Å². The van der Waals surface area contributed by atoms with Gasteiger partial charge >= 0.3 is 0 Å². The molecular weight excluding hydrogens is 244 g/mol. The third-order valence-corrected chi connectivity index (χ3v) is 2.81. The summed E-state index contributed by atoms with van der Waals surface area (Å²) in [5.74, 6) is -3.31. The molecule has 0 amide bonds.